The van der Waals surface area contributed by atoms with Crippen LogP contribution in [0.2, 0.25) is 6.04 Å². The van der Waals surface area contributed by atoms with Crippen molar-refractivity contribution in [3.63, 3.8) is 0 Å². The molecule has 0 saturated heterocycles. The van der Waals surface area contributed by atoms with Gasteiger partial charge in [0.25, 0.3) is 0 Å². The van der Waals surface area contributed by atoms with Crippen LogP contribution in [-0.2, 0) is 19.8 Å². The van der Waals surface area contributed by atoms with E-state index in [0.29, 0.717) is 19.8 Å². The number of rotatable bonds is 16. The summed E-state index contributed by atoms with van der Waals surface area (Å²) in [5.74, 6) is 0. The Bertz CT molecular complexity index is 496. The normalized spacial score (nSPS) is 11.6. The maximum absolute atomic E-state index is 5.90. The fourth-order valence-corrected chi connectivity index (χ4v) is 5.59. The summed E-state index contributed by atoms with van der Waals surface area (Å²) in [7, 11) is -2.51. The zero-order chi connectivity index (χ0) is 20.0. The monoisotopic (exact) mass is 394 g/mol. The van der Waals surface area contributed by atoms with E-state index in [-0.39, 0.29) is 0 Å². The van der Waals surface area contributed by atoms with E-state index in [4.69, 9.17) is 13.3 Å². The number of hydrogen-bond donors (Lipinski definition) is 1. The predicted molar refractivity (Wildman–Crippen MR) is 115 cm³/mol. The third-order valence-electron chi connectivity index (χ3n) is 4.24. The molecule has 0 spiro atoms. The van der Waals surface area contributed by atoms with Gasteiger partial charge >= 0.3 is 8.80 Å². The van der Waals surface area contributed by atoms with Crippen molar-refractivity contribution in [2.45, 2.75) is 46.7 Å². The second-order valence-corrected chi connectivity index (χ2v) is 9.21. The van der Waals surface area contributed by atoms with Gasteiger partial charge in [-0.15, -0.1) is 0 Å². The standard InChI is InChI=1S/C21H38N2O3Si/c1-6-24-27(25-7-2,26-8-3)18-12-15-22-16-17-23(20(4)5)19-21-13-10-9-11-14-21/h9-11,13-14,22H,4,6-8,12,15-19H2,1-3,5H3. The smallest absolute Gasteiger partial charge is 0.374 e. The number of nitrogens with zero attached hydrogens (tertiary/aromatic N) is 1. The van der Waals surface area contributed by atoms with Crippen molar-refractivity contribution in [3.05, 3.63) is 48.2 Å². The van der Waals surface area contributed by atoms with Gasteiger partial charge in [0.1, 0.15) is 0 Å². The van der Waals surface area contributed by atoms with Gasteiger partial charge < -0.3 is 23.5 Å². The summed E-state index contributed by atoms with van der Waals surface area (Å²) < 4.78 is 17.7. The quantitative estimate of drug-likeness (QED) is 0.338. The van der Waals surface area contributed by atoms with E-state index in [1.165, 1.54) is 5.56 Å². The molecule has 0 unspecified atom stereocenters. The first-order valence-corrected chi connectivity index (χ1v) is 12.1. The summed E-state index contributed by atoms with van der Waals surface area (Å²) in [5, 5.41) is 3.53. The molecule has 0 aliphatic rings. The number of hydrogen-bond acceptors (Lipinski definition) is 5. The van der Waals surface area contributed by atoms with Crippen molar-refractivity contribution in [1.29, 1.82) is 0 Å². The highest BCUT2D eigenvalue weighted by Crippen LogP contribution is 2.17. The van der Waals surface area contributed by atoms with Crippen LogP contribution in [0.4, 0.5) is 0 Å². The van der Waals surface area contributed by atoms with Gasteiger partial charge in [0, 0.05) is 51.2 Å². The Morgan fingerprint density at radius 2 is 1.59 bits per heavy atom. The van der Waals surface area contributed by atoms with Gasteiger partial charge in [0.2, 0.25) is 0 Å². The second-order valence-electron chi connectivity index (χ2n) is 6.48. The van der Waals surface area contributed by atoms with E-state index in [1.54, 1.807) is 0 Å². The molecule has 0 heterocycles. The van der Waals surface area contributed by atoms with Crippen LogP contribution in [0, 0.1) is 0 Å². The molecule has 27 heavy (non-hydrogen) atoms. The van der Waals surface area contributed by atoms with Crippen LogP contribution in [0.15, 0.2) is 42.6 Å². The Morgan fingerprint density at radius 1 is 1.00 bits per heavy atom. The molecule has 0 fully saturated rings. The molecule has 0 amide bonds. The predicted octanol–water partition coefficient (Wildman–Crippen LogP) is 4.05. The first-order chi connectivity index (χ1) is 13.1. The summed E-state index contributed by atoms with van der Waals surface area (Å²) in [5.41, 5.74) is 2.40. The van der Waals surface area contributed by atoms with E-state index in [0.717, 1.165) is 44.3 Å². The average Bonchev–Trinajstić information content (AvgIpc) is 2.65. The minimum atomic E-state index is -2.51. The van der Waals surface area contributed by atoms with Gasteiger partial charge in [-0.3, -0.25) is 0 Å². The molecule has 1 N–H and O–H groups in total. The molecular formula is C21H38N2O3Si. The Hall–Kier alpha value is -1.18. The Labute approximate surface area is 167 Å². The SMILES string of the molecule is C=C(C)N(CCNCCC[Si](OCC)(OCC)OCC)Cc1ccccc1. The first kappa shape index (κ1) is 23.9. The number of benzene rings is 1. The molecule has 1 rings (SSSR count). The molecule has 5 nitrogen and oxygen atoms in total. The Balaban J connectivity index is 2.35. The van der Waals surface area contributed by atoms with Crippen molar-refractivity contribution in [2.24, 2.45) is 0 Å². The minimum Gasteiger partial charge on any atom is -0.374 e. The minimum absolute atomic E-state index is 0.632. The zero-order valence-electron chi connectivity index (χ0n) is 17.6. The lowest BCUT2D eigenvalue weighted by molar-refractivity contribution is 0.0708. The summed E-state index contributed by atoms with van der Waals surface area (Å²) in [6.45, 7) is 17.8. The fraction of sp³-hybridized carbons (Fsp3) is 0.619. The molecule has 6 heteroatoms. The van der Waals surface area contributed by atoms with Crippen LogP contribution in [0.3, 0.4) is 0 Å². The maximum Gasteiger partial charge on any atom is 0.500 e. The molecule has 154 valence electrons. The van der Waals surface area contributed by atoms with Crippen molar-refractivity contribution in [1.82, 2.24) is 10.2 Å². The van der Waals surface area contributed by atoms with Crippen molar-refractivity contribution >= 4 is 8.80 Å². The molecule has 0 bridgehead atoms. The summed E-state index contributed by atoms with van der Waals surface area (Å²) in [6.07, 6.45) is 0.984. The molecule has 0 atom stereocenters. The van der Waals surface area contributed by atoms with Crippen LogP contribution in [0.5, 0.6) is 0 Å². The zero-order valence-corrected chi connectivity index (χ0v) is 18.6. The molecule has 1 aromatic carbocycles. The molecular weight excluding hydrogens is 356 g/mol. The van der Waals surface area contributed by atoms with Gasteiger partial charge in [0.15, 0.2) is 0 Å². The lowest BCUT2D eigenvalue weighted by Crippen LogP contribution is -2.46. The topological polar surface area (TPSA) is 43.0 Å². The lowest BCUT2D eigenvalue weighted by Gasteiger charge is -2.28. The highest BCUT2D eigenvalue weighted by molar-refractivity contribution is 6.60. The van der Waals surface area contributed by atoms with Gasteiger partial charge in [-0.05, 0) is 46.2 Å². The number of nitrogens with one attached hydrogen (secondary N) is 1. The Kier molecular flexibility index (Phi) is 12.3. The number of allylic oxidation sites excluding steroid dienone is 1. The molecule has 0 aliphatic heterocycles. The third-order valence-corrected chi connectivity index (χ3v) is 7.40. The van der Waals surface area contributed by atoms with E-state index in [2.05, 4.69) is 48.0 Å². The van der Waals surface area contributed by atoms with Crippen LogP contribution >= 0.6 is 0 Å². The van der Waals surface area contributed by atoms with Gasteiger partial charge in [0.05, 0.1) is 0 Å². The summed E-state index contributed by atoms with van der Waals surface area (Å²) >= 11 is 0. The highest BCUT2D eigenvalue weighted by Gasteiger charge is 2.39. The molecule has 0 aromatic heterocycles. The van der Waals surface area contributed by atoms with Crippen LogP contribution in [0.1, 0.15) is 39.7 Å². The van der Waals surface area contributed by atoms with Crippen molar-refractivity contribution < 1.29 is 13.3 Å². The highest BCUT2D eigenvalue weighted by atomic mass is 28.4. The largest absolute Gasteiger partial charge is 0.500 e. The van der Waals surface area contributed by atoms with Gasteiger partial charge in [-0.1, -0.05) is 36.9 Å². The van der Waals surface area contributed by atoms with Crippen LogP contribution in [-0.4, -0.2) is 53.2 Å². The summed E-state index contributed by atoms with van der Waals surface area (Å²) in [6, 6.07) is 11.4. The van der Waals surface area contributed by atoms with E-state index in [1.807, 2.05) is 26.8 Å². The second kappa shape index (κ2) is 13.9. The van der Waals surface area contributed by atoms with Crippen molar-refractivity contribution in [3.8, 4) is 0 Å². The van der Waals surface area contributed by atoms with E-state index < -0.39 is 8.80 Å². The van der Waals surface area contributed by atoms with Gasteiger partial charge in [-0.2, -0.15) is 0 Å². The molecule has 0 aliphatic carbocycles. The molecule has 1 aromatic rings. The fourth-order valence-electron chi connectivity index (χ4n) is 2.98. The third kappa shape index (κ3) is 9.53. The maximum atomic E-state index is 5.90. The van der Waals surface area contributed by atoms with E-state index in [9.17, 15) is 0 Å². The summed E-state index contributed by atoms with van der Waals surface area (Å²) in [4.78, 5) is 2.31. The van der Waals surface area contributed by atoms with Crippen molar-refractivity contribution in [2.75, 3.05) is 39.5 Å². The van der Waals surface area contributed by atoms with Gasteiger partial charge in [-0.25, -0.2) is 0 Å². The molecule has 0 saturated carbocycles. The molecule has 0 radical (unpaired) electrons. The average molecular weight is 395 g/mol. The lowest BCUT2D eigenvalue weighted by atomic mass is 10.2. The van der Waals surface area contributed by atoms with E-state index >= 15 is 0 Å². The Morgan fingerprint density at radius 3 is 2.11 bits per heavy atom. The van der Waals surface area contributed by atoms with Crippen LogP contribution in [0.25, 0.3) is 0 Å². The van der Waals surface area contributed by atoms with Crippen LogP contribution < -0.4 is 5.32 Å². The first-order valence-electron chi connectivity index (χ1n) is 10.1.